The van der Waals surface area contributed by atoms with E-state index in [1.54, 1.807) is 13.0 Å². The summed E-state index contributed by atoms with van der Waals surface area (Å²) in [5, 5.41) is 3.25. The number of methoxy groups -OCH3 is 2. The minimum Gasteiger partial charge on any atom is -0.496 e. The van der Waals surface area contributed by atoms with Crippen LogP contribution in [0.5, 0.6) is 5.75 Å². The molecule has 0 unspecified atom stereocenters. The van der Waals surface area contributed by atoms with Crippen molar-refractivity contribution in [1.29, 1.82) is 0 Å². The molecule has 34 heavy (non-hydrogen) atoms. The molecule has 0 saturated heterocycles. The van der Waals surface area contributed by atoms with Gasteiger partial charge < -0.3 is 24.3 Å². The fourth-order valence-corrected chi connectivity index (χ4v) is 4.68. The molecule has 0 fully saturated rings. The van der Waals surface area contributed by atoms with E-state index in [1.807, 2.05) is 32.0 Å². The topological polar surface area (TPSA) is 100 Å². The van der Waals surface area contributed by atoms with Crippen LogP contribution in [0.3, 0.4) is 0 Å². The number of carbonyl (C=O) groups excluding carboxylic acids is 3. The van der Waals surface area contributed by atoms with Crippen LogP contribution in [0.2, 0.25) is 0 Å². The first-order valence-corrected chi connectivity index (χ1v) is 11.6. The molecular weight excluding hydrogens is 438 g/mol. The number of allylic oxidation sites excluding steroid dienone is 3. The van der Waals surface area contributed by atoms with Gasteiger partial charge in [-0.15, -0.1) is 0 Å². The number of ether oxygens (including phenoxy) is 4. The summed E-state index contributed by atoms with van der Waals surface area (Å²) in [4.78, 5) is 39.5. The second-order valence-corrected chi connectivity index (χ2v) is 8.53. The highest BCUT2D eigenvalue weighted by molar-refractivity contribution is 6.12. The molecule has 1 aromatic carbocycles. The smallest absolute Gasteiger partial charge is 0.336 e. The lowest BCUT2D eigenvalue weighted by Crippen LogP contribution is -2.43. The lowest BCUT2D eigenvalue weighted by atomic mass is 9.69. The third-order valence-corrected chi connectivity index (χ3v) is 6.22. The van der Waals surface area contributed by atoms with Crippen molar-refractivity contribution in [1.82, 2.24) is 5.32 Å². The number of ketones is 1. The number of carbonyl (C=O) groups is 3. The Bertz CT molecular complexity index is 1010. The molecule has 1 aliphatic heterocycles. The standard InChI is InChI=1S/C26H33NO7/c1-6-11-33-12-13-34-26(30)21-16(3)27-18-14-15(2)20(25(29)32-5)24(28)23(18)22(21)17-9-7-8-10-19(17)31-4/h7-10,15,20,22,27H,6,11-14H2,1-5H3/t15-,20-,22+/m1/s1. The van der Waals surface area contributed by atoms with E-state index in [2.05, 4.69) is 5.32 Å². The molecule has 1 aromatic rings. The summed E-state index contributed by atoms with van der Waals surface area (Å²) >= 11 is 0. The van der Waals surface area contributed by atoms with E-state index in [-0.39, 0.29) is 24.9 Å². The van der Waals surface area contributed by atoms with Gasteiger partial charge in [0.2, 0.25) is 0 Å². The lowest BCUT2D eigenvalue weighted by molar-refractivity contribution is -0.151. The van der Waals surface area contributed by atoms with E-state index in [0.29, 0.717) is 46.9 Å². The quantitative estimate of drug-likeness (QED) is 0.333. The van der Waals surface area contributed by atoms with Crippen LogP contribution in [0.1, 0.15) is 45.1 Å². The van der Waals surface area contributed by atoms with E-state index >= 15 is 0 Å². The second-order valence-electron chi connectivity index (χ2n) is 8.53. The Morgan fingerprint density at radius 1 is 1.12 bits per heavy atom. The molecule has 8 nitrogen and oxygen atoms in total. The average molecular weight is 472 g/mol. The van der Waals surface area contributed by atoms with Gasteiger partial charge in [-0.3, -0.25) is 9.59 Å². The number of para-hydroxylation sites is 1. The van der Waals surface area contributed by atoms with Crippen molar-refractivity contribution >= 4 is 17.7 Å². The molecule has 0 spiro atoms. The Morgan fingerprint density at radius 3 is 2.53 bits per heavy atom. The van der Waals surface area contributed by atoms with Gasteiger partial charge in [0.15, 0.2) is 5.78 Å². The lowest BCUT2D eigenvalue weighted by Gasteiger charge is -2.38. The van der Waals surface area contributed by atoms with Crippen molar-refractivity contribution in [3.05, 3.63) is 52.4 Å². The number of Topliss-reactive ketones (excluding diaryl/α,β-unsaturated/α-hetero) is 1. The van der Waals surface area contributed by atoms with Gasteiger partial charge in [-0.25, -0.2) is 4.79 Å². The summed E-state index contributed by atoms with van der Waals surface area (Å²) in [7, 11) is 2.81. The number of esters is 2. The molecule has 1 aliphatic carbocycles. The van der Waals surface area contributed by atoms with Gasteiger partial charge in [0.1, 0.15) is 18.3 Å². The van der Waals surface area contributed by atoms with Crippen LogP contribution in [0.4, 0.5) is 0 Å². The molecule has 0 aromatic heterocycles. The first-order valence-electron chi connectivity index (χ1n) is 11.6. The van der Waals surface area contributed by atoms with Gasteiger partial charge in [0.05, 0.1) is 32.3 Å². The molecule has 3 rings (SSSR count). The zero-order valence-corrected chi connectivity index (χ0v) is 20.4. The minimum absolute atomic E-state index is 0.0932. The predicted molar refractivity (Wildman–Crippen MR) is 125 cm³/mol. The molecule has 0 radical (unpaired) electrons. The van der Waals surface area contributed by atoms with Crippen molar-refractivity contribution in [3.8, 4) is 5.75 Å². The minimum atomic E-state index is -0.944. The highest BCUT2D eigenvalue weighted by atomic mass is 16.6. The van der Waals surface area contributed by atoms with Crippen LogP contribution >= 0.6 is 0 Å². The number of benzene rings is 1. The van der Waals surface area contributed by atoms with Crippen molar-refractivity contribution in [3.63, 3.8) is 0 Å². The molecule has 0 amide bonds. The van der Waals surface area contributed by atoms with Crippen LogP contribution in [-0.2, 0) is 28.6 Å². The third kappa shape index (κ3) is 5.01. The molecule has 8 heteroatoms. The monoisotopic (exact) mass is 471 g/mol. The highest BCUT2D eigenvalue weighted by Crippen LogP contribution is 2.47. The van der Waals surface area contributed by atoms with E-state index in [9.17, 15) is 14.4 Å². The fourth-order valence-electron chi connectivity index (χ4n) is 4.68. The SMILES string of the molecule is CCCOCCOC(=O)C1=C(C)NC2=C(C(=O)[C@H](C(=O)OC)[C@H](C)C2)[C@H]1c1ccccc1OC. The maximum absolute atomic E-state index is 13.7. The van der Waals surface area contributed by atoms with Crippen molar-refractivity contribution < 1.29 is 33.3 Å². The largest absolute Gasteiger partial charge is 0.496 e. The molecule has 184 valence electrons. The van der Waals surface area contributed by atoms with Crippen LogP contribution in [0.15, 0.2) is 46.8 Å². The summed E-state index contributed by atoms with van der Waals surface area (Å²) in [6, 6.07) is 7.25. The first-order chi connectivity index (χ1) is 16.3. The van der Waals surface area contributed by atoms with Gasteiger partial charge in [0, 0.05) is 29.1 Å². The Morgan fingerprint density at radius 2 is 1.85 bits per heavy atom. The summed E-state index contributed by atoms with van der Waals surface area (Å²) in [5.41, 5.74) is 2.64. The molecule has 0 saturated carbocycles. The maximum atomic E-state index is 13.7. The molecule has 1 heterocycles. The normalized spacial score (nSPS) is 22.1. The predicted octanol–water partition coefficient (Wildman–Crippen LogP) is 3.28. The van der Waals surface area contributed by atoms with E-state index in [1.165, 1.54) is 14.2 Å². The number of hydrogen-bond acceptors (Lipinski definition) is 8. The van der Waals surface area contributed by atoms with Crippen LogP contribution < -0.4 is 10.1 Å². The highest BCUT2D eigenvalue weighted by Gasteiger charge is 2.47. The summed E-state index contributed by atoms with van der Waals surface area (Å²) in [5.74, 6) is -2.88. The summed E-state index contributed by atoms with van der Waals surface area (Å²) in [6.07, 6.45) is 1.34. The van der Waals surface area contributed by atoms with Gasteiger partial charge in [-0.1, -0.05) is 32.0 Å². The van der Waals surface area contributed by atoms with E-state index < -0.39 is 23.8 Å². The van der Waals surface area contributed by atoms with Gasteiger partial charge in [-0.05, 0) is 31.7 Å². The maximum Gasteiger partial charge on any atom is 0.336 e. The van der Waals surface area contributed by atoms with Crippen molar-refractivity contribution in [2.75, 3.05) is 34.0 Å². The number of hydrogen-bond donors (Lipinski definition) is 1. The molecule has 3 atom stereocenters. The van der Waals surface area contributed by atoms with Crippen LogP contribution in [0.25, 0.3) is 0 Å². The van der Waals surface area contributed by atoms with Gasteiger partial charge >= 0.3 is 11.9 Å². The zero-order chi connectivity index (χ0) is 24.8. The van der Waals surface area contributed by atoms with Gasteiger partial charge in [0.25, 0.3) is 0 Å². The second kappa shape index (κ2) is 11.3. The van der Waals surface area contributed by atoms with Crippen LogP contribution in [0, 0.1) is 11.8 Å². The third-order valence-electron chi connectivity index (χ3n) is 6.22. The molecule has 0 bridgehead atoms. The number of dihydropyridines is 1. The van der Waals surface area contributed by atoms with Crippen LogP contribution in [-0.4, -0.2) is 51.8 Å². The number of nitrogens with one attached hydrogen (secondary N) is 1. The zero-order valence-electron chi connectivity index (χ0n) is 20.4. The molecular formula is C26H33NO7. The van der Waals surface area contributed by atoms with Crippen molar-refractivity contribution in [2.24, 2.45) is 11.8 Å². The average Bonchev–Trinajstić information content (AvgIpc) is 2.82. The van der Waals surface area contributed by atoms with Gasteiger partial charge in [-0.2, -0.15) is 0 Å². The van der Waals surface area contributed by atoms with E-state index in [0.717, 1.165) is 6.42 Å². The number of rotatable bonds is 9. The fraction of sp³-hybridized carbons (Fsp3) is 0.500. The Labute approximate surface area is 200 Å². The Balaban J connectivity index is 2.06. The molecule has 1 N–H and O–H groups in total. The van der Waals surface area contributed by atoms with E-state index in [4.69, 9.17) is 18.9 Å². The summed E-state index contributed by atoms with van der Waals surface area (Å²) in [6.45, 7) is 6.60. The first kappa shape index (κ1) is 25.5. The Kier molecular flexibility index (Phi) is 8.50. The summed E-state index contributed by atoms with van der Waals surface area (Å²) < 4.78 is 21.5. The van der Waals surface area contributed by atoms with Crippen molar-refractivity contribution in [2.45, 2.75) is 39.5 Å². The Hall–Kier alpha value is -3.13. The molecule has 2 aliphatic rings.